The van der Waals surface area contributed by atoms with Crippen molar-refractivity contribution in [1.29, 1.82) is 0 Å². The Morgan fingerprint density at radius 1 is 1.55 bits per heavy atom. The molecule has 2 fully saturated rings. The molecule has 0 heterocycles. The molecule has 0 amide bonds. The standard InChI is InChI=1S/C9H14O2/c1-11-8(10)9(4-5-9)6-7-2-3-7/h7H,2-6H2,1H3. The molecule has 0 unspecified atom stereocenters. The molecule has 2 aliphatic rings. The highest BCUT2D eigenvalue weighted by Gasteiger charge is 2.53. The van der Waals surface area contributed by atoms with Gasteiger partial charge in [0.2, 0.25) is 0 Å². The Morgan fingerprint density at radius 3 is 2.55 bits per heavy atom. The molecule has 0 aromatic carbocycles. The van der Waals surface area contributed by atoms with Gasteiger partial charge in [0, 0.05) is 0 Å². The Hall–Kier alpha value is -0.530. The summed E-state index contributed by atoms with van der Waals surface area (Å²) < 4.78 is 4.77. The molecule has 11 heavy (non-hydrogen) atoms. The van der Waals surface area contributed by atoms with Crippen LogP contribution in [0.3, 0.4) is 0 Å². The van der Waals surface area contributed by atoms with Crippen LogP contribution in [0, 0.1) is 11.3 Å². The van der Waals surface area contributed by atoms with Crippen molar-refractivity contribution in [1.82, 2.24) is 0 Å². The van der Waals surface area contributed by atoms with Crippen molar-refractivity contribution in [2.45, 2.75) is 32.1 Å². The van der Waals surface area contributed by atoms with Crippen LogP contribution in [0.15, 0.2) is 0 Å². The first-order valence-electron chi connectivity index (χ1n) is 4.35. The molecule has 0 aromatic rings. The van der Waals surface area contributed by atoms with E-state index in [9.17, 15) is 4.79 Å². The van der Waals surface area contributed by atoms with Crippen LogP contribution >= 0.6 is 0 Å². The fourth-order valence-corrected chi connectivity index (χ4v) is 1.73. The van der Waals surface area contributed by atoms with Gasteiger partial charge >= 0.3 is 5.97 Å². The van der Waals surface area contributed by atoms with Crippen molar-refractivity contribution in [3.8, 4) is 0 Å². The summed E-state index contributed by atoms with van der Waals surface area (Å²) in [4.78, 5) is 11.2. The van der Waals surface area contributed by atoms with Gasteiger partial charge in [0.15, 0.2) is 0 Å². The van der Waals surface area contributed by atoms with Crippen LogP contribution in [0.5, 0.6) is 0 Å². The first kappa shape index (κ1) is 7.14. The quantitative estimate of drug-likeness (QED) is 0.579. The molecule has 0 bridgehead atoms. The number of hydrogen-bond acceptors (Lipinski definition) is 2. The van der Waals surface area contributed by atoms with E-state index >= 15 is 0 Å². The zero-order valence-corrected chi connectivity index (χ0v) is 6.93. The Morgan fingerprint density at radius 2 is 2.18 bits per heavy atom. The molecular formula is C9H14O2. The number of carbonyl (C=O) groups is 1. The minimum Gasteiger partial charge on any atom is -0.469 e. The van der Waals surface area contributed by atoms with Crippen molar-refractivity contribution in [2.75, 3.05) is 7.11 Å². The van der Waals surface area contributed by atoms with E-state index < -0.39 is 0 Å². The summed E-state index contributed by atoms with van der Waals surface area (Å²) in [5, 5.41) is 0. The minimum absolute atomic E-state index is 0.0179. The first-order chi connectivity index (χ1) is 5.27. The summed E-state index contributed by atoms with van der Waals surface area (Å²) in [6.07, 6.45) is 5.89. The zero-order chi connectivity index (χ0) is 7.90. The van der Waals surface area contributed by atoms with Gasteiger partial charge in [-0.15, -0.1) is 0 Å². The first-order valence-corrected chi connectivity index (χ1v) is 4.35. The van der Waals surface area contributed by atoms with Gasteiger partial charge < -0.3 is 4.74 Å². The molecule has 0 aromatic heterocycles. The van der Waals surface area contributed by atoms with Crippen molar-refractivity contribution >= 4 is 5.97 Å². The van der Waals surface area contributed by atoms with E-state index in [-0.39, 0.29) is 11.4 Å². The van der Waals surface area contributed by atoms with Gasteiger partial charge in [0.1, 0.15) is 0 Å². The molecule has 2 aliphatic carbocycles. The number of carbonyl (C=O) groups excluding carboxylic acids is 1. The lowest BCUT2D eigenvalue weighted by atomic mass is 10.00. The number of hydrogen-bond donors (Lipinski definition) is 0. The molecule has 2 nitrogen and oxygen atoms in total. The van der Waals surface area contributed by atoms with Crippen molar-refractivity contribution in [3.63, 3.8) is 0 Å². The fourth-order valence-electron chi connectivity index (χ4n) is 1.73. The van der Waals surface area contributed by atoms with E-state index in [0.29, 0.717) is 0 Å². The van der Waals surface area contributed by atoms with Crippen molar-refractivity contribution in [3.05, 3.63) is 0 Å². The number of methoxy groups -OCH3 is 1. The van der Waals surface area contributed by atoms with Gasteiger partial charge in [0.05, 0.1) is 12.5 Å². The lowest BCUT2D eigenvalue weighted by Gasteiger charge is -2.10. The zero-order valence-electron chi connectivity index (χ0n) is 6.93. The third-order valence-corrected chi connectivity index (χ3v) is 2.85. The molecule has 2 heteroatoms. The summed E-state index contributed by atoms with van der Waals surface area (Å²) in [7, 11) is 1.50. The van der Waals surface area contributed by atoms with Gasteiger partial charge in [-0.1, -0.05) is 12.8 Å². The Labute approximate surface area is 66.9 Å². The number of rotatable bonds is 3. The summed E-state index contributed by atoms with van der Waals surface area (Å²) in [6, 6.07) is 0. The predicted octanol–water partition coefficient (Wildman–Crippen LogP) is 1.74. The van der Waals surface area contributed by atoms with Crippen LogP contribution in [0.4, 0.5) is 0 Å². The third kappa shape index (κ3) is 1.26. The second-order valence-electron chi connectivity index (χ2n) is 3.92. The number of esters is 1. The molecule has 2 rings (SSSR count). The normalized spacial score (nSPS) is 26.3. The molecule has 0 saturated heterocycles. The van der Waals surface area contributed by atoms with Crippen molar-refractivity contribution < 1.29 is 9.53 Å². The smallest absolute Gasteiger partial charge is 0.311 e. The molecule has 0 aliphatic heterocycles. The largest absolute Gasteiger partial charge is 0.469 e. The lowest BCUT2D eigenvalue weighted by molar-refractivity contribution is -0.147. The maximum atomic E-state index is 11.2. The van der Waals surface area contributed by atoms with Crippen LogP contribution in [-0.4, -0.2) is 13.1 Å². The van der Waals surface area contributed by atoms with Crippen LogP contribution in [0.25, 0.3) is 0 Å². The summed E-state index contributed by atoms with van der Waals surface area (Å²) in [5.74, 6) is 0.876. The van der Waals surface area contributed by atoms with Crippen LogP contribution < -0.4 is 0 Å². The molecule has 0 N–H and O–H groups in total. The van der Waals surface area contributed by atoms with E-state index in [0.717, 1.165) is 25.2 Å². The van der Waals surface area contributed by atoms with Crippen molar-refractivity contribution in [2.24, 2.45) is 11.3 Å². The fraction of sp³-hybridized carbons (Fsp3) is 0.889. The molecule has 0 atom stereocenters. The van der Waals surface area contributed by atoms with Gasteiger partial charge in [-0.05, 0) is 25.2 Å². The maximum absolute atomic E-state index is 11.2. The maximum Gasteiger partial charge on any atom is 0.311 e. The Balaban J connectivity index is 1.91. The average molecular weight is 154 g/mol. The molecule has 0 spiro atoms. The Kier molecular flexibility index (Phi) is 1.44. The summed E-state index contributed by atoms with van der Waals surface area (Å²) in [5.41, 5.74) is -0.0179. The molecule has 2 saturated carbocycles. The van der Waals surface area contributed by atoms with E-state index in [1.54, 1.807) is 0 Å². The lowest BCUT2D eigenvalue weighted by Crippen LogP contribution is -2.17. The molecule has 0 radical (unpaired) electrons. The molecular weight excluding hydrogens is 140 g/mol. The highest BCUT2D eigenvalue weighted by atomic mass is 16.5. The van der Waals surface area contributed by atoms with Gasteiger partial charge in [0.25, 0.3) is 0 Å². The minimum atomic E-state index is -0.0179. The number of ether oxygens (including phenoxy) is 1. The van der Waals surface area contributed by atoms with E-state index in [1.165, 1.54) is 20.0 Å². The van der Waals surface area contributed by atoms with Crippen LogP contribution in [0.2, 0.25) is 0 Å². The van der Waals surface area contributed by atoms with Gasteiger partial charge in [-0.3, -0.25) is 4.79 Å². The second kappa shape index (κ2) is 2.23. The van der Waals surface area contributed by atoms with E-state index in [4.69, 9.17) is 4.74 Å². The second-order valence-corrected chi connectivity index (χ2v) is 3.92. The van der Waals surface area contributed by atoms with Crippen LogP contribution in [-0.2, 0) is 9.53 Å². The highest BCUT2D eigenvalue weighted by molar-refractivity contribution is 5.79. The van der Waals surface area contributed by atoms with E-state index in [2.05, 4.69) is 0 Å². The van der Waals surface area contributed by atoms with Gasteiger partial charge in [-0.2, -0.15) is 0 Å². The summed E-state index contributed by atoms with van der Waals surface area (Å²) >= 11 is 0. The average Bonchev–Trinajstić information content (AvgIpc) is 2.85. The third-order valence-electron chi connectivity index (χ3n) is 2.85. The van der Waals surface area contributed by atoms with E-state index in [1.807, 2.05) is 0 Å². The highest BCUT2D eigenvalue weighted by Crippen LogP contribution is 2.55. The topological polar surface area (TPSA) is 26.3 Å². The Bertz CT molecular complexity index is 178. The monoisotopic (exact) mass is 154 g/mol. The van der Waals surface area contributed by atoms with Crippen LogP contribution in [0.1, 0.15) is 32.1 Å². The molecule has 62 valence electrons. The SMILES string of the molecule is COC(=O)C1(CC2CC2)CC1. The summed E-state index contributed by atoms with van der Waals surface area (Å²) in [6.45, 7) is 0. The van der Waals surface area contributed by atoms with Gasteiger partial charge in [-0.25, -0.2) is 0 Å². The predicted molar refractivity (Wildman–Crippen MR) is 41.0 cm³/mol.